The molecule has 0 spiro atoms. The fourth-order valence-corrected chi connectivity index (χ4v) is 4.21. The standard InChI is InChI=1S/C19H27NO/c1-15(16-8-3-2-4-9-16)14-19(21)20-13-7-11-17-10-5-6-12-18(17)20/h2-4,8-9,15,17-18H,5-7,10-14H2,1H3. The maximum Gasteiger partial charge on any atom is 0.223 e. The lowest BCUT2D eigenvalue weighted by Crippen LogP contribution is -2.49. The van der Waals surface area contributed by atoms with Crippen LogP contribution in [0, 0.1) is 5.92 Å². The van der Waals surface area contributed by atoms with Gasteiger partial charge in [-0.15, -0.1) is 0 Å². The summed E-state index contributed by atoms with van der Waals surface area (Å²) in [5, 5.41) is 0. The normalized spacial score (nSPS) is 27.0. The molecule has 2 heteroatoms. The molecule has 1 aliphatic heterocycles. The van der Waals surface area contributed by atoms with E-state index in [1.807, 2.05) is 6.07 Å². The van der Waals surface area contributed by atoms with Crippen LogP contribution in [0.15, 0.2) is 30.3 Å². The topological polar surface area (TPSA) is 20.3 Å². The molecule has 0 N–H and O–H groups in total. The third-order valence-corrected chi connectivity index (χ3v) is 5.41. The fraction of sp³-hybridized carbons (Fsp3) is 0.632. The van der Waals surface area contributed by atoms with Gasteiger partial charge in [-0.05, 0) is 43.1 Å². The second-order valence-electron chi connectivity index (χ2n) is 6.86. The molecular weight excluding hydrogens is 258 g/mol. The van der Waals surface area contributed by atoms with Crippen LogP contribution in [0.25, 0.3) is 0 Å². The zero-order chi connectivity index (χ0) is 14.7. The van der Waals surface area contributed by atoms with Crippen molar-refractivity contribution in [2.45, 2.75) is 63.8 Å². The lowest BCUT2D eigenvalue weighted by atomic mass is 9.78. The third kappa shape index (κ3) is 3.30. The van der Waals surface area contributed by atoms with Gasteiger partial charge in [0.2, 0.25) is 5.91 Å². The highest BCUT2D eigenvalue weighted by Gasteiger charge is 2.35. The Morgan fingerprint density at radius 1 is 1.14 bits per heavy atom. The average Bonchev–Trinajstić information content (AvgIpc) is 2.55. The summed E-state index contributed by atoms with van der Waals surface area (Å²) in [6.45, 7) is 3.16. The van der Waals surface area contributed by atoms with Gasteiger partial charge in [-0.1, -0.05) is 50.1 Å². The van der Waals surface area contributed by atoms with Crippen molar-refractivity contribution in [3.05, 3.63) is 35.9 Å². The van der Waals surface area contributed by atoms with Gasteiger partial charge in [-0.2, -0.15) is 0 Å². The summed E-state index contributed by atoms with van der Waals surface area (Å²) >= 11 is 0. The van der Waals surface area contributed by atoms with Crippen molar-refractivity contribution in [2.24, 2.45) is 5.92 Å². The maximum absolute atomic E-state index is 12.8. The van der Waals surface area contributed by atoms with Crippen molar-refractivity contribution >= 4 is 5.91 Å². The van der Waals surface area contributed by atoms with Crippen LogP contribution in [0.3, 0.4) is 0 Å². The Bertz CT molecular complexity index is 468. The smallest absolute Gasteiger partial charge is 0.223 e. The van der Waals surface area contributed by atoms with Gasteiger partial charge in [-0.25, -0.2) is 0 Å². The van der Waals surface area contributed by atoms with E-state index in [0.29, 0.717) is 24.3 Å². The van der Waals surface area contributed by atoms with Crippen LogP contribution >= 0.6 is 0 Å². The van der Waals surface area contributed by atoms with Gasteiger partial charge in [0.25, 0.3) is 0 Å². The summed E-state index contributed by atoms with van der Waals surface area (Å²) < 4.78 is 0. The number of likely N-dealkylation sites (tertiary alicyclic amines) is 1. The van der Waals surface area contributed by atoms with Gasteiger partial charge in [0, 0.05) is 19.0 Å². The number of hydrogen-bond acceptors (Lipinski definition) is 1. The Morgan fingerprint density at radius 3 is 2.67 bits per heavy atom. The molecule has 0 radical (unpaired) electrons. The average molecular weight is 285 g/mol. The molecule has 1 aromatic carbocycles. The Labute approximate surface area is 128 Å². The number of hydrogen-bond donors (Lipinski definition) is 0. The zero-order valence-corrected chi connectivity index (χ0v) is 13.1. The molecule has 1 saturated carbocycles. The van der Waals surface area contributed by atoms with Crippen molar-refractivity contribution in [3.8, 4) is 0 Å². The third-order valence-electron chi connectivity index (χ3n) is 5.41. The zero-order valence-electron chi connectivity index (χ0n) is 13.1. The first-order valence-corrected chi connectivity index (χ1v) is 8.60. The molecule has 3 atom stereocenters. The molecule has 3 unspecified atom stereocenters. The number of amides is 1. The molecule has 3 rings (SSSR count). The highest BCUT2D eigenvalue weighted by molar-refractivity contribution is 5.77. The van der Waals surface area contributed by atoms with E-state index in [-0.39, 0.29) is 0 Å². The molecule has 2 fully saturated rings. The Kier molecular flexibility index (Phi) is 4.62. The SMILES string of the molecule is CC(CC(=O)N1CCCC2CCCCC21)c1ccccc1. The Hall–Kier alpha value is -1.31. The highest BCUT2D eigenvalue weighted by Crippen LogP contribution is 2.36. The van der Waals surface area contributed by atoms with Crippen LogP contribution in [-0.2, 0) is 4.79 Å². The maximum atomic E-state index is 12.8. The number of benzene rings is 1. The van der Waals surface area contributed by atoms with Gasteiger partial charge >= 0.3 is 0 Å². The van der Waals surface area contributed by atoms with Crippen LogP contribution in [0.2, 0.25) is 0 Å². The minimum absolute atomic E-state index is 0.322. The molecule has 1 heterocycles. The lowest BCUT2D eigenvalue weighted by molar-refractivity contribution is -0.137. The molecule has 21 heavy (non-hydrogen) atoms. The van der Waals surface area contributed by atoms with Crippen molar-refractivity contribution in [1.29, 1.82) is 0 Å². The van der Waals surface area contributed by atoms with E-state index < -0.39 is 0 Å². The largest absolute Gasteiger partial charge is 0.339 e. The number of carbonyl (C=O) groups is 1. The molecule has 2 nitrogen and oxygen atoms in total. The summed E-state index contributed by atoms with van der Waals surface area (Å²) in [7, 11) is 0. The van der Waals surface area contributed by atoms with E-state index in [0.717, 1.165) is 12.5 Å². The Balaban J connectivity index is 1.64. The van der Waals surface area contributed by atoms with Crippen molar-refractivity contribution in [2.75, 3.05) is 6.54 Å². The van der Waals surface area contributed by atoms with Gasteiger partial charge in [0.15, 0.2) is 0 Å². The predicted octanol–water partition coefficient (Wildman–Crippen LogP) is 4.36. The van der Waals surface area contributed by atoms with E-state index >= 15 is 0 Å². The lowest BCUT2D eigenvalue weighted by Gasteiger charge is -2.44. The van der Waals surface area contributed by atoms with E-state index in [4.69, 9.17) is 0 Å². The number of piperidine rings is 1. The predicted molar refractivity (Wildman–Crippen MR) is 86.2 cm³/mol. The van der Waals surface area contributed by atoms with Crippen molar-refractivity contribution < 1.29 is 4.79 Å². The molecular formula is C19H27NO. The molecule has 1 saturated heterocycles. The Morgan fingerprint density at radius 2 is 1.86 bits per heavy atom. The van der Waals surface area contributed by atoms with E-state index in [2.05, 4.69) is 36.1 Å². The molecule has 2 aliphatic rings. The number of fused-ring (bicyclic) bond motifs is 1. The quantitative estimate of drug-likeness (QED) is 0.808. The highest BCUT2D eigenvalue weighted by atomic mass is 16.2. The van der Waals surface area contributed by atoms with Crippen molar-refractivity contribution in [1.82, 2.24) is 4.90 Å². The summed E-state index contributed by atoms with van der Waals surface area (Å²) in [5.74, 6) is 1.48. The molecule has 1 aromatic rings. The number of carbonyl (C=O) groups excluding carboxylic acids is 1. The minimum atomic E-state index is 0.322. The second kappa shape index (κ2) is 6.64. The van der Waals surface area contributed by atoms with Gasteiger partial charge in [0.1, 0.15) is 0 Å². The monoisotopic (exact) mass is 285 g/mol. The van der Waals surface area contributed by atoms with Gasteiger partial charge in [0.05, 0.1) is 0 Å². The molecule has 0 aromatic heterocycles. The molecule has 1 amide bonds. The number of nitrogens with zero attached hydrogens (tertiary/aromatic N) is 1. The van der Waals surface area contributed by atoms with E-state index in [1.54, 1.807) is 0 Å². The number of rotatable bonds is 3. The minimum Gasteiger partial charge on any atom is -0.339 e. The second-order valence-corrected chi connectivity index (χ2v) is 6.86. The van der Waals surface area contributed by atoms with Gasteiger partial charge in [-0.3, -0.25) is 4.79 Å². The van der Waals surface area contributed by atoms with Crippen LogP contribution in [-0.4, -0.2) is 23.4 Å². The van der Waals surface area contributed by atoms with Crippen molar-refractivity contribution in [3.63, 3.8) is 0 Å². The summed E-state index contributed by atoms with van der Waals surface area (Å²) in [6.07, 6.45) is 8.43. The molecule has 114 valence electrons. The van der Waals surface area contributed by atoms with Crippen LogP contribution in [0.1, 0.15) is 63.4 Å². The summed E-state index contributed by atoms with van der Waals surface area (Å²) in [5.41, 5.74) is 1.28. The first-order valence-electron chi connectivity index (χ1n) is 8.60. The van der Waals surface area contributed by atoms with Crippen LogP contribution in [0.5, 0.6) is 0 Å². The van der Waals surface area contributed by atoms with Crippen LogP contribution in [0.4, 0.5) is 0 Å². The summed E-state index contributed by atoms with van der Waals surface area (Å²) in [4.78, 5) is 15.0. The molecule has 0 bridgehead atoms. The first kappa shape index (κ1) is 14.6. The van der Waals surface area contributed by atoms with E-state index in [1.165, 1.54) is 44.1 Å². The van der Waals surface area contributed by atoms with Gasteiger partial charge < -0.3 is 4.90 Å². The fourth-order valence-electron chi connectivity index (χ4n) is 4.21. The van der Waals surface area contributed by atoms with E-state index in [9.17, 15) is 4.79 Å². The molecule has 1 aliphatic carbocycles. The first-order chi connectivity index (χ1) is 10.3. The van der Waals surface area contributed by atoms with Crippen LogP contribution < -0.4 is 0 Å². The summed E-state index contributed by atoms with van der Waals surface area (Å²) in [6, 6.07) is 11.0.